The molecule has 1 aromatic carbocycles. The average molecular weight is 202 g/mol. The van der Waals surface area contributed by atoms with Crippen molar-refractivity contribution in [1.29, 1.82) is 0 Å². The van der Waals surface area contributed by atoms with Crippen molar-refractivity contribution in [3.8, 4) is 5.75 Å². The summed E-state index contributed by atoms with van der Waals surface area (Å²) in [6, 6.07) is 8.11. The van der Waals surface area contributed by atoms with Gasteiger partial charge >= 0.3 is 0 Å². The van der Waals surface area contributed by atoms with Crippen LogP contribution < -0.4 is 10.5 Å². The Hall–Kier alpha value is -0.730. The van der Waals surface area contributed by atoms with E-state index in [1.807, 2.05) is 12.1 Å². The molecule has 1 rings (SSSR count). The molecular weight excluding hydrogens is 186 g/mol. The highest BCUT2D eigenvalue weighted by atomic mass is 35.5. The first-order valence-corrected chi connectivity index (χ1v) is 4.28. The van der Waals surface area contributed by atoms with Crippen LogP contribution in [0.15, 0.2) is 24.3 Å². The van der Waals surface area contributed by atoms with Gasteiger partial charge in [0.2, 0.25) is 0 Å². The van der Waals surface area contributed by atoms with Gasteiger partial charge in [-0.3, -0.25) is 0 Å². The lowest BCUT2D eigenvalue weighted by atomic mass is 10.2. The summed E-state index contributed by atoms with van der Waals surface area (Å²) in [6.07, 6.45) is 1.07. The fourth-order valence-corrected chi connectivity index (χ4v) is 0.998. The smallest absolute Gasteiger partial charge is 0.119 e. The van der Waals surface area contributed by atoms with Crippen molar-refractivity contribution < 1.29 is 4.74 Å². The molecule has 0 fully saturated rings. The molecule has 0 spiro atoms. The number of hydrogen-bond donors (Lipinski definition) is 1. The highest BCUT2D eigenvalue weighted by Gasteiger charge is 1.92. The number of ether oxygens (including phenoxy) is 1. The molecule has 0 saturated heterocycles. The molecule has 0 aliphatic carbocycles. The summed E-state index contributed by atoms with van der Waals surface area (Å²) in [5.41, 5.74) is 6.64. The minimum atomic E-state index is 0. The molecule has 0 radical (unpaired) electrons. The van der Waals surface area contributed by atoms with Gasteiger partial charge in [-0.05, 0) is 24.1 Å². The Morgan fingerprint density at radius 2 is 1.85 bits per heavy atom. The van der Waals surface area contributed by atoms with Crippen molar-refractivity contribution in [3.63, 3.8) is 0 Å². The first-order valence-electron chi connectivity index (χ1n) is 4.28. The first-order chi connectivity index (χ1) is 5.86. The van der Waals surface area contributed by atoms with Gasteiger partial charge in [-0.2, -0.15) is 0 Å². The predicted molar refractivity (Wildman–Crippen MR) is 57.6 cm³/mol. The van der Waals surface area contributed by atoms with Crippen LogP contribution in [0, 0.1) is 0 Å². The third-order valence-corrected chi connectivity index (χ3v) is 1.72. The van der Waals surface area contributed by atoms with Gasteiger partial charge in [0.1, 0.15) is 12.4 Å². The van der Waals surface area contributed by atoms with Gasteiger partial charge in [0, 0.05) is 6.54 Å². The second-order valence-corrected chi connectivity index (χ2v) is 2.63. The Morgan fingerprint density at radius 1 is 1.23 bits per heavy atom. The number of nitrogens with two attached hydrogens (primary N) is 1. The quantitative estimate of drug-likeness (QED) is 0.809. The van der Waals surface area contributed by atoms with Crippen molar-refractivity contribution in [2.24, 2.45) is 5.73 Å². The summed E-state index contributed by atoms with van der Waals surface area (Å²) in [5.74, 6) is 0.901. The SMILES string of the molecule is CCc1ccc(OCCN)cc1.Cl. The second-order valence-electron chi connectivity index (χ2n) is 2.63. The standard InChI is InChI=1S/C10H15NO.ClH/c1-2-9-3-5-10(6-4-9)12-8-7-11;/h3-6H,2,7-8,11H2,1H3;1H. The van der Waals surface area contributed by atoms with Crippen LogP contribution in [0.1, 0.15) is 12.5 Å². The number of rotatable bonds is 4. The van der Waals surface area contributed by atoms with Crippen LogP contribution in [-0.2, 0) is 6.42 Å². The molecule has 0 atom stereocenters. The molecule has 0 saturated carbocycles. The molecule has 0 aliphatic heterocycles. The van der Waals surface area contributed by atoms with Gasteiger partial charge in [-0.1, -0.05) is 19.1 Å². The summed E-state index contributed by atoms with van der Waals surface area (Å²) < 4.78 is 5.33. The van der Waals surface area contributed by atoms with Crippen LogP contribution in [0.2, 0.25) is 0 Å². The lowest BCUT2D eigenvalue weighted by molar-refractivity contribution is 0.328. The lowest BCUT2D eigenvalue weighted by Gasteiger charge is -2.04. The number of benzene rings is 1. The van der Waals surface area contributed by atoms with E-state index in [1.54, 1.807) is 0 Å². The van der Waals surface area contributed by atoms with E-state index in [2.05, 4.69) is 19.1 Å². The van der Waals surface area contributed by atoms with E-state index >= 15 is 0 Å². The van der Waals surface area contributed by atoms with E-state index in [1.165, 1.54) is 5.56 Å². The maximum Gasteiger partial charge on any atom is 0.119 e. The summed E-state index contributed by atoms with van der Waals surface area (Å²) in [6.45, 7) is 3.29. The molecule has 1 aromatic rings. The van der Waals surface area contributed by atoms with E-state index in [9.17, 15) is 0 Å². The van der Waals surface area contributed by atoms with Gasteiger partial charge in [0.15, 0.2) is 0 Å². The van der Waals surface area contributed by atoms with Crippen molar-refractivity contribution >= 4 is 12.4 Å². The van der Waals surface area contributed by atoms with Gasteiger partial charge < -0.3 is 10.5 Å². The zero-order chi connectivity index (χ0) is 8.81. The molecule has 0 bridgehead atoms. The van der Waals surface area contributed by atoms with Gasteiger partial charge in [0.25, 0.3) is 0 Å². The maximum absolute atomic E-state index is 5.33. The molecule has 3 heteroatoms. The molecule has 0 amide bonds. The Balaban J connectivity index is 0.00000144. The normalized spacial score (nSPS) is 9.08. The molecule has 2 nitrogen and oxygen atoms in total. The molecule has 0 heterocycles. The van der Waals surface area contributed by atoms with Crippen LogP contribution in [0.3, 0.4) is 0 Å². The highest BCUT2D eigenvalue weighted by Crippen LogP contribution is 2.11. The Bertz CT molecular complexity index is 223. The Kier molecular flexibility index (Phi) is 6.37. The molecule has 0 aliphatic rings. The topological polar surface area (TPSA) is 35.2 Å². The number of halogens is 1. The Morgan fingerprint density at radius 3 is 2.31 bits per heavy atom. The summed E-state index contributed by atoms with van der Waals surface area (Å²) in [5, 5.41) is 0. The third kappa shape index (κ3) is 4.15. The fourth-order valence-electron chi connectivity index (χ4n) is 0.998. The number of aryl methyl sites for hydroxylation is 1. The lowest BCUT2D eigenvalue weighted by Crippen LogP contribution is -2.10. The maximum atomic E-state index is 5.33. The van der Waals surface area contributed by atoms with E-state index in [0.29, 0.717) is 13.2 Å². The molecule has 0 unspecified atom stereocenters. The van der Waals surface area contributed by atoms with Gasteiger partial charge in [-0.15, -0.1) is 12.4 Å². The van der Waals surface area contributed by atoms with Crippen LogP contribution in [0.25, 0.3) is 0 Å². The summed E-state index contributed by atoms with van der Waals surface area (Å²) >= 11 is 0. The zero-order valence-corrected chi connectivity index (χ0v) is 8.64. The molecular formula is C10H16ClNO. The Labute approximate surface area is 85.5 Å². The third-order valence-electron chi connectivity index (χ3n) is 1.72. The molecule has 74 valence electrons. The monoisotopic (exact) mass is 201 g/mol. The molecule has 13 heavy (non-hydrogen) atoms. The zero-order valence-electron chi connectivity index (χ0n) is 7.82. The van der Waals surface area contributed by atoms with Crippen molar-refractivity contribution in [3.05, 3.63) is 29.8 Å². The van der Waals surface area contributed by atoms with E-state index in [-0.39, 0.29) is 12.4 Å². The largest absolute Gasteiger partial charge is 0.492 e. The van der Waals surface area contributed by atoms with Crippen LogP contribution >= 0.6 is 12.4 Å². The second kappa shape index (κ2) is 6.75. The highest BCUT2D eigenvalue weighted by molar-refractivity contribution is 5.85. The number of hydrogen-bond acceptors (Lipinski definition) is 2. The van der Waals surface area contributed by atoms with Crippen LogP contribution in [-0.4, -0.2) is 13.2 Å². The van der Waals surface area contributed by atoms with Gasteiger partial charge in [0.05, 0.1) is 0 Å². The van der Waals surface area contributed by atoms with E-state index < -0.39 is 0 Å². The van der Waals surface area contributed by atoms with Crippen molar-refractivity contribution in [2.45, 2.75) is 13.3 Å². The molecule has 0 aromatic heterocycles. The van der Waals surface area contributed by atoms with Crippen LogP contribution in [0.5, 0.6) is 5.75 Å². The predicted octanol–water partition coefficient (Wildman–Crippen LogP) is 2.01. The van der Waals surface area contributed by atoms with Crippen molar-refractivity contribution in [1.82, 2.24) is 0 Å². The average Bonchev–Trinajstić information content (AvgIpc) is 2.15. The minimum Gasteiger partial charge on any atom is -0.492 e. The van der Waals surface area contributed by atoms with Crippen LogP contribution in [0.4, 0.5) is 0 Å². The first kappa shape index (κ1) is 12.3. The summed E-state index contributed by atoms with van der Waals surface area (Å²) in [7, 11) is 0. The van der Waals surface area contributed by atoms with E-state index in [0.717, 1.165) is 12.2 Å². The van der Waals surface area contributed by atoms with Crippen molar-refractivity contribution in [2.75, 3.05) is 13.2 Å². The van der Waals surface area contributed by atoms with E-state index in [4.69, 9.17) is 10.5 Å². The summed E-state index contributed by atoms with van der Waals surface area (Å²) in [4.78, 5) is 0. The fraction of sp³-hybridized carbons (Fsp3) is 0.400. The van der Waals surface area contributed by atoms with Gasteiger partial charge in [-0.25, -0.2) is 0 Å². The minimum absolute atomic E-state index is 0. The molecule has 2 N–H and O–H groups in total.